The van der Waals surface area contributed by atoms with Crippen molar-refractivity contribution in [3.63, 3.8) is 0 Å². The lowest BCUT2D eigenvalue weighted by Gasteiger charge is -2.44. The lowest BCUT2D eigenvalue weighted by molar-refractivity contribution is -0.149. The van der Waals surface area contributed by atoms with E-state index in [4.69, 9.17) is 21.1 Å². The maximum absolute atomic E-state index is 13.5. The lowest BCUT2D eigenvalue weighted by atomic mass is 9.89. The third-order valence-electron chi connectivity index (χ3n) is 7.19. The van der Waals surface area contributed by atoms with Crippen LogP contribution < -0.4 is 10.1 Å². The van der Waals surface area contributed by atoms with Crippen LogP contribution in [0.25, 0.3) is 6.08 Å². The highest BCUT2D eigenvalue weighted by molar-refractivity contribution is 6.30. The Hall–Kier alpha value is -3.77. The fourth-order valence-electron chi connectivity index (χ4n) is 5.16. The number of morpholine rings is 1. The van der Waals surface area contributed by atoms with Gasteiger partial charge in [-0.3, -0.25) is 9.59 Å². The van der Waals surface area contributed by atoms with Gasteiger partial charge < -0.3 is 19.7 Å². The van der Waals surface area contributed by atoms with E-state index in [1.54, 1.807) is 25.3 Å². The summed E-state index contributed by atoms with van der Waals surface area (Å²) in [6, 6.07) is 22.5. The molecule has 2 unspecified atom stereocenters. The molecule has 5 rings (SSSR count). The van der Waals surface area contributed by atoms with Gasteiger partial charge in [-0.05, 0) is 66.8 Å². The Bertz CT molecular complexity index is 1320. The molecule has 3 aromatic rings. The first kappa shape index (κ1) is 25.9. The standard InChI is InChI=1S/C31H31ClN2O4/c1-37-27-8-4-2-6-24(27)19-33-30(35)23-14-10-21(11-15-23)18-29-31(36)34(20-22-12-16-25(32)17-13-22)26-7-3-5-9-28(26)38-29/h2,4,6,8,10-18,26,28H,3,5,7,9,19-20H2,1H3,(H,33,35)/b29-18-. The van der Waals surface area contributed by atoms with Gasteiger partial charge in [0.05, 0.1) is 13.2 Å². The molecule has 0 aromatic heterocycles. The summed E-state index contributed by atoms with van der Waals surface area (Å²) in [5, 5.41) is 3.61. The minimum Gasteiger partial charge on any atom is -0.496 e. The van der Waals surface area contributed by atoms with Crippen LogP contribution in [0.4, 0.5) is 0 Å². The molecule has 196 valence electrons. The predicted octanol–water partition coefficient (Wildman–Crippen LogP) is 5.99. The van der Waals surface area contributed by atoms with Gasteiger partial charge in [-0.1, -0.05) is 60.5 Å². The fraction of sp³-hybridized carbons (Fsp3) is 0.290. The molecule has 1 aliphatic carbocycles. The monoisotopic (exact) mass is 530 g/mol. The molecule has 0 bridgehead atoms. The average Bonchev–Trinajstić information content (AvgIpc) is 2.95. The molecule has 1 heterocycles. The molecule has 2 atom stereocenters. The van der Waals surface area contributed by atoms with Gasteiger partial charge in [-0.2, -0.15) is 0 Å². The van der Waals surface area contributed by atoms with Gasteiger partial charge in [-0.25, -0.2) is 0 Å². The Morgan fingerprint density at radius 3 is 2.55 bits per heavy atom. The quantitative estimate of drug-likeness (QED) is 0.381. The third-order valence-corrected chi connectivity index (χ3v) is 7.44. The number of amides is 2. The zero-order chi connectivity index (χ0) is 26.5. The minimum absolute atomic E-state index is 0.0139. The maximum atomic E-state index is 13.5. The van der Waals surface area contributed by atoms with E-state index < -0.39 is 0 Å². The van der Waals surface area contributed by atoms with Crippen LogP contribution in [-0.2, 0) is 22.6 Å². The molecule has 1 saturated heterocycles. The summed E-state index contributed by atoms with van der Waals surface area (Å²) in [7, 11) is 1.61. The smallest absolute Gasteiger partial charge is 0.289 e. The van der Waals surface area contributed by atoms with Crippen molar-refractivity contribution in [1.82, 2.24) is 10.2 Å². The maximum Gasteiger partial charge on any atom is 0.289 e. The summed E-state index contributed by atoms with van der Waals surface area (Å²) in [5.41, 5.74) is 3.28. The fourth-order valence-corrected chi connectivity index (χ4v) is 5.28. The van der Waals surface area contributed by atoms with E-state index in [-0.39, 0.29) is 24.0 Å². The van der Waals surface area contributed by atoms with E-state index in [1.807, 2.05) is 65.6 Å². The highest BCUT2D eigenvalue weighted by Crippen LogP contribution is 2.34. The van der Waals surface area contributed by atoms with Crippen LogP contribution >= 0.6 is 11.6 Å². The summed E-state index contributed by atoms with van der Waals surface area (Å²) >= 11 is 6.06. The number of hydrogen-bond acceptors (Lipinski definition) is 4. The largest absolute Gasteiger partial charge is 0.496 e. The molecular weight excluding hydrogens is 500 g/mol. The van der Waals surface area contributed by atoms with E-state index >= 15 is 0 Å². The Morgan fingerprint density at radius 1 is 1.05 bits per heavy atom. The van der Waals surface area contributed by atoms with Gasteiger partial charge >= 0.3 is 0 Å². The van der Waals surface area contributed by atoms with E-state index in [0.29, 0.717) is 29.4 Å². The Labute approximate surface area is 228 Å². The summed E-state index contributed by atoms with van der Waals surface area (Å²) in [4.78, 5) is 28.2. The van der Waals surface area contributed by atoms with Crippen molar-refractivity contribution in [1.29, 1.82) is 0 Å². The van der Waals surface area contributed by atoms with Crippen molar-refractivity contribution >= 4 is 29.5 Å². The number of carbonyl (C=O) groups excluding carboxylic acids is 2. The summed E-state index contributed by atoms with van der Waals surface area (Å²) < 4.78 is 11.6. The number of nitrogens with zero attached hydrogens (tertiary/aromatic N) is 1. The molecule has 2 fully saturated rings. The van der Waals surface area contributed by atoms with Gasteiger partial charge in [0.1, 0.15) is 11.9 Å². The van der Waals surface area contributed by atoms with Gasteiger partial charge in [-0.15, -0.1) is 0 Å². The molecule has 2 aliphatic rings. The summed E-state index contributed by atoms with van der Waals surface area (Å²) in [6.45, 7) is 0.881. The van der Waals surface area contributed by atoms with Crippen molar-refractivity contribution < 1.29 is 19.1 Å². The second kappa shape index (κ2) is 11.7. The number of nitrogens with one attached hydrogen (secondary N) is 1. The van der Waals surface area contributed by atoms with Crippen LogP contribution in [0, 0.1) is 0 Å². The normalized spacial score (nSPS) is 20.0. The zero-order valence-electron chi connectivity index (χ0n) is 21.4. The number of rotatable bonds is 7. The zero-order valence-corrected chi connectivity index (χ0v) is 22.1. The van der Waals surface area contributed by atoms with Crippen molar-refractivity contribution in [3.8, 4) is 5.75 Å². The Morgan fingerprint density at radius 2 is 1.79 bits per heavy atom. The number of fused-ring (bicyclic) bond motifs is 1. The highest BCUT2D eigenvalue weighted by atomic mass is 35.5. The number of carbonyl (C=O) groups is 2. The second-order valence-electron chi connectivity index (χ2n) is 9.69. The molecule has 0 spiro atoms. The third kappa shape index (κ3) is 5.86. The molecule has 3 aromatic carbocycles. The SMILES string of the molecule is COc1ccccc1CNC(=O)c1ccc(/C=C2\OC3CCCCC3N(Cc3ccc(Cl)cc3)C2=O)cc1. The number of benzene rings is 3. The number of halogens is 1. The van der Waals surface area contributed by atoms with Crippen LogP contribution in [0.15, 0.2) is 78.6 Å². The van der Waals surface area contributed by atoms with E-state index in [1.165, 1.54) is 0 Å². The number of methoxy groups -OCH3 is 1. The molecule has 1 N–H and O–H groups in total. The first-order chi connectivity index (χ1) is 18.5. The lowest BCUT2D eigenvalue weighted by Crippen LogP contribution is -2.54. The van der Waals surface area contributed by atoms with Crippen LogP contribution in [0.3, 0.4) is 0 Å². The average molecular weight is 531 g/mol. The van der Waals surface area contributed by atoms with Gasteiger partial charge in [0, 0.05) is 29.2 Å². The number of ether oxygens (including phenoxy) is 2. The van der Waals surface area contributed by atoms with Crippen molar-refractivity contribution in [2.45, 2.75) is 50.9 Å². The van der Waals surface area contributed by atoms with Crippen molar-refractivity contribution in [2.24, 2.45) is 0 Å². The van der Waals surface area contributed by atoms with E-state index in [0.717, 1.165) is 48.1 Å². The van der Waals surface area contributed by atoms with Crippen LogP contribution in [0.1, 0.15) is 52.7 Å². The molecular formula is C31H31ClN2O4. The Kier molecular flexibility index (Phi) is 7.99. The van der Waals surface area contributed by atoms with Crippen LogP contribution in [-0.4, -0.2) is 36.0 Å². The summed E-state index contributed by atoms with van der Waals surface area (Å²) in [6.07, 6.45) is 5.82. The second-order valence-corrected chi connectivity index (χ2v) is 10.1. The molecule has 1 saturated carbocycles. The predicted molar refractivity (Wildman–Crippen MR) is 148 cm³/mol. The minimum atomic E-state index is -0.181. The molecule has 1 aliphatic heterocycles. The first-order valence-electron chi connectivity index (χ1n) is 13.0. The Balaban J connectivity index is 1.29. The van der Waals surface area contributed by atoms with Gasteiger partial charge in [0.2, 0.25) is 0 Å². The van der Waals surface area contributed by atoms with Gasteiger partial charge in [0.15, 0.2) is 5.76 Å². The van der Waals surface area contributed by atoms with E-state index in [2.05, 4.69) is 5.32 Å². The summed E-state index contributed by atoms with van der Waals surface area (Å²) in [5.74, 6) is 0.786. The first-order valence-corrected chi connectivity index (χ1v) is 13.3. The highest BCUT2D eigenvalue weighted by Gasteiger charge is 2.41. The van der Waals surface area contributed by atoms with Crippen LogP contribution in [0.5, 0.6) is 5.75 Å². The van der Waals surface area contributed by atoms with Crippen molar-refractivity contribution in [2.75, 3.05) is 7.11 Å². The molecule has 7 heteroatoms. The number of hydrogen-bond donors (Lipinski definition) is 1. The van der Waals surface area contributed by atoms with E-state index in [9.17, 15) is 9.59 Å². The number of para-hydroxylation sites is 1. The topological polar surface area (TPSA) is 67.9 Å². The van der Waals surface area contributed by atoms with Gasteiger partial charge in [0.25, 0.3) is 11.8 Å². The van der Waals surface area contributed by atoms with Crippen molar-refractivity contribution in [3.05, 3.63) is 106 Å². The van der Waals surface area contributed by atoms with Crippen LogP contribution in [0.2, 0.25) is 5.02 Å². The molecule has 2 amide bonds. The molecule has 38 heavy (non-hydrogen) atoms. The molecule has 6 nitrogen and oxygen atoms in total. The molecule has 0 radical (unpaired) electrons.